The van der Waals surface area contributed by atoms with E-state index in [1.165, 1.54) is 0 Å². The van der Waals surface area contributed by atoms with E-state index < -0.39 is 0 Å². The molecule has 18 heavy (non-hydrogen) atoms. The molecule has 0 radical (unpaired) electrons. The van der Waals surface area contributed by atoms with Crippen LogP contribution in [0.1, 0.15) is 6.42 Å². The van der Waals surface area contributed by atoms with Gasteiger partial charge in [-0.3, -0.25) is 0 Å². The second-order valence-electron chi connectivity index (χ2n) is 5.11. The summed E-state index contributed by atoms with van der Waals surface area (Å²) >= 11 is 0. The summed E-state index contributed by atoms with van der Waals surface area (Å²) in [5.41, 5.74) is 1.12. The van der Waals surface area contributed by atoms with E-state index >= 15 is 0 Å². The van der Waals surface area contributed by atoms with E-state index in [9.17, 15) is 5.11 Å². The van der Waals surface area contributed by atoms with Gasteiger partial charge in [0.25, 0.3) is 0 Å². The highest BCUT2D eigenvalue weighted by Crippen LogP contribution is 2.27. The van der Waals surface area contributed by atoms with E-state index in [2.05, 4.69) is 34.2 Å². The van der Waals surface area contributed by atoms with Crippen LogP contribution in [0.2, 0.25) is 0 Å². The van der Waals surface area contributed by atoms with Crippen molar-refractivity contribution in [2.24, 2.45) is 0 Å². The molecule has 100 valence electrons. The van der Waals surface area contributed by atoms with Gasteiger partial charge in [0, 0.05) is 44.1 Å². The number of nitrogens with zero attached hydrogens (tertiary/aromatic N) is 3. The molecular weight excluding hydrogens is 228 g/mol. The van der Waals surface area contributed by atoms with Gasteiger partial charge in [0.05, 0.1) is 6.10 Å². The van der Waals surface area contributed by atoms with E-state index in [1.54, 1.807) is 6.20 Å². The van der Waals surface area contributed by atoms with Crippen LogP contribution in [0.15, 0.2) is 18.3 Å². The lowest BCUT2D eigenvalue weighted by molar-refractivity contribution is 0.191. The Labute approximate surface area is 108 Å². The lowest BCUT2D eigenvalue weighted by atomic mass is 10.2. The molecule has 5 heteroatoms. The molecule has 5 nitrogen and oxygen atoms in total. The number of rotatable bonds is 4. The van der Waals surface area contributed by atoms with Crippen molar-refractivity contribution in [3.05, 3.63) is 18.3 Å². The number of aliphatic hydroxyl groups is 1. The van der Waals surface area contributed by atoms with E-state index in [0.29, 0.717) is 12.6 Å². The normalized spacial score (nSPS) is 23.7. The Kier molecular flexibility index (Phi) is 4.04. The molecule has 1 aromatic rings. The van der Waals surface area contributed by atoms with Crippen molar-refractivity contribution in [2.75, 3.05) is 44.4 Å². The summed E-state index contributed by atoms with van der Waals surface area (Å²) < 4.78 is 0. The number of anilines is 2. The third-order valence-electron chi connectivity index (χ3n) is 3.30. The van der Waals surface area contributed by atoms with Crippen LogP contribution in [0.4, 0.5) is 11.5 Å². The standard InChI is InChI=1S/C13H22N4O/c1-14-13-7-10(4-5-15-13)17-9-12(18)6-11(17)8-16(2)3/h4-5,7,11-12,18H,6,8-9H2,1-3H3,(H,14,15). The van der Waals surface area contributed by atoms with Crippen LogP contribution in [0.3, 0.4) is 0 Å². The predicted octanol–water partition coefficient (Wildman–Crippen LogP) is 0.624. The Balaban J connectivity index is 2.18. The first-order chi connectivity index (χ1) is 8.60. The van der Waals surface area contributed by atoms with Gasteiger partial charge >= 0.3 is 0 Å². The number of aromatic nitrogens is 1. The molecule has 1 aromatic heterocycles. The van der Waals surface area contributed by atoms with Gasteiger partial charge in [-0.2, -0.15) is 0 Å². The van der Waals surface area contributed by atoms with Gasteiger partial charge in [0.2, 0.25) is 0 Å². The van der Waals surface area contributed by atoms with Crippen LogP contribution in [-0.4, -0.2) is 61.4 Å². The molecule has 0 spiro atoms. The number of hydrogen-bond donors (Lipinski definition) is 2. The summed E-state index contributed by atoms with van der Waals surface area (Å²) in [4.78, 5) is 8.66. The van der Waals surface area contributed by atoms with E-state index in [1.807, 2.05) is 19.2 Å². The van der Waals surface area contributed by atoms with Crippen molar-refractivity contribution in [3.63, 3.8) is 0 Å². The van der Waals surface area contributed by atoms with Crippen molar-refractivity contribution in [1.29, 1.82) is 0 Å². The predicted molar refractivity (Wildman–Crippen MR) is 74.1 cm³/mol. The topological polar surface area (TPSA) is 51.6 Å². The van der Waals surface area contributed by atoms with Crippen molar-refractivity contribution >= 4 is 11.5 Å². The quantitative estimate of drug-likeness (QED) is 0.820. The zero-order valence-electron chi connectivity index (χ0n) is 11.3. The summed E-state index contributed by atoms with van der Waals surface area (Å²) in [6.45, 7) is 1.65. The van der Waals surface area contributed by atoms with Crippen LogP contribution < -0.4 is 10.2 Å². The van der Waals surface area contributed by atoms with Crippen molar-refractivity contribution < 1.29 is 5.11 Å². The van der Waals surface area contributed by atoms with E-state index in [4.69, 9.17) is 0 Å². The Morgan fingerprint density at radius 2 is 2.33 bits per heavy atom. The molecule has 0 aromatic carbocycles. The Bertz CT molecular complexity index is 396. The van der Waals surface area contributed by atoms with Crippen LogP contribution in [0.5, 0.6) is 0 Å². The maximum Gasteiger partial charge on any atom is 0.127 e. The summed E-state index contributed by atoms with van der Waals surface area (Å²) in [5, 5.41) is 12.9. The summed E-state index contributed by atoms with van der Waals surface area (Å²) in [5.74, 6) is 0.859. The lowest BCUT2D eigenvalue weighted by Gasteiger charge is -2.28. The molecule has 1 aliphatic rings. The fraction of sp³-hybridized carbons (Fsp3) is 0.615. The molecule has 0 amide bonds. The SMILES string of the molecule is CNc1cc(N2CC(O)CC2CN(C)C)ccn1. The fourth-order valence-corrected chi connectivity index (χ4v) is 2.54. The largest absolute Gasteiger partial charge is 0.391 e. The van der Waals surface area contributed by atoms with Gasteiger partial charge in [-0.15, -0.1) is 0 Å². The zero-order chi connectivity index (χ0) is 13.1. The maximum atomic E-state index is 9.88. The minimum atomic E-state index is -0.235. The number of hydrogen-bond acceptors (Lipinski definition) is 5. The molecule has 1 saturated heterocycles. The number of aliphatic hydroxyl groups excluding tert-OH is 1. The third kappa shape index (κ3) is 2.91. The van der Waals surface area contributed by atoms with Crippen LogP contribution >= 0.6 is 0 Å². The van der Waals surface area contributed by atoms with Crippen molar-refractivity contribution in [3.8, 4) is 0 Å². The van der Waals surface area contributed by atoms with Gasteiger partial charge < -0.3 is 20.2 Å². The summed E-state index contributed by atoms with van der Waals surface area (Å²) in [6.07, 6.45) is 2.40. The van der Waals surface area contributed by atoms with Crippen molar-refractivity contribution in [2.45, 2.75) is 18.6 Å². The molecule has 2 unspecified atom stereocenters. The van der Waals surface area contributed by atoms with E-state index in [0.717, 1.165) is 24.5 Å². The zero-order valence-corrected chi connectivity index (χ0v) is 11.3. The molecule has 2 rings (SSSR count). The van der Waals surface area contributed by atoms with Crippen molar-refractivity contribution in [1.82, 2.24) is 9.88 Å². The Hall–Kier alpha value is -1.33. The highest BCUT2D eigenvalue weighted by atomic mass is 16.3. The molecule has 0 saturated carbocycles. The molecule has 2 atom stereocenters. The van der Waals surface area contributed by atoms with Gasteiger partial charge in [-0.25, -0.2) is 4.98 Å². The van der Waals surface area contributed by atoms with Crippen LogP contribution in [0, 0.1) is 0 Å². The minimum Gasteiger partial charge on any atom is -0.391 e. The number of likely N-dealkylation sites (N-methyl/N-ethyl adjacent to an activating group) is 1. The molecule has 1 fully saturated rings. The number of pyridine rings is 1. The fourth-order valence-electron chi connectivity index (χ4n) is 2.54. The first-order valence-electron chi connectivity index (χ1n) is 6.33. The first kappa shape index (κ1) is 13.1. The molecule has 0 aliphatic carbocycles. The molecular formula is C13H22N4O. The minimum absolute atomic E-state index is 0.235. The smallest absolute Gasteiger partial charge is 0.127 e. The van der Waals surface area contributed by atoms with Gasteiger partial charge in [-0.1, -0.05) is 0 Å². The molecule has 0 bridgehead atoms. The summed E-state index contributed by atoms with van der Waals surface area (Å²) in [7, 11) is 5.99. The maximum absolute atomic E-state index is 9.88. The molecule has 2 N–H and O–H groups in total. The third-order valence-corrected chi connectivity index (χ3v) is 3.30. The van der Waals surface area contributed by atoms with Gasteiger partial charge in [0.15, 0.2) is 0 Å². The first-order valence-corrected chi connectivity index (χ1v) is 6.33. The lowest BCUT2D eigenvalue weighted by Crippen LogP contribution is -2.37. The Morgan fingerprint density at radius 3 is 3.00 bits per heavy atom. The van der Waals surface area contributed by atoms with Crippen LogP contribution in [-0.2, 0) is 0 Å². The second-order valence-corrected chi connectivity index (χ2v) is 5.11. The molecule has 2 heterocycles. The highest BCUT2D eigenvalue weighted by Gasteiger charge is 2.31. The monoisotopic (exact) mass is 250 g/mol. The molecule has 1 aliphatic heterocycles. The van der Waals surface area contributed by atoms with Gasteiger partial charge in [-0.05, 0) is 26.6 Å². The number of nitrogens with one attached hydrogen (secondary N) is 1. The second kappa shape index (κ2) is 5.54. The van der Waals surface area contributed by atoms with Crippen LogP contribution in [0.25, 0.3) is 0 Å². The number of β-amino-alcohol motifs (C(OH)–C–C–N with tert-alkyl or cyclic N) is 1. The summed E-state index contributed by atoms with van der Waals surface area (Å²) in [6, 6.07) is 4.39. The average Bonchev–Trinajstić information content (AvgIpc) is 2.69. The Morgan fingerprint density at radius 1 is 1.56 bits per heavy atom. The van der Waals surface area contributed by atoms with Gasteiger partial charge in [0.1, 0.15) is 5.82 Å². The van der Waals surface area contributed by atoms with E-state index in [-0.39, 0.29) is 6.10 Å². The highest BCUT2D eigenvalue weighted by molar-refractivity contribution is 5.55. The average molecular weight is 250 g/mol.